The Morgan fingerprint density at radius 2 is 1.92 bits per heavy atom. The van der Waals surface area contributed by atoms with Crippen molar-refractivity contribution >= 4 is 5.91 Å². The Morgan fingerprint density at radius 1 is 1.50 bits per heavy atom. The first-order valence-electron chi connectivity index (χ1n) is 3.93. The lowest BCUT2D eigenvalue weighted by Crippen LogP contribution is -2.41. The quantitative estimate of drug-likeness (QED) is 0.425. The van der Waals surface area contributed by atoms with Gasteiger partial charge in [0.25, 0.3) is 0 Å². The molecule has 1 fully saturated rings. The predicted molar refractivity (Wildman–Crippen MR) is 42.2 cm³/mol. The van der Waals surface area contributed by atoms with Gasteiger partial charge in [0, 0.05) is 13.1 Å². The molecule has 1 aliphatic heterocycles. The molecule has 0 saturated carbocycles. The number of β-amino-alcohol motifs (C(OH)–C–C–N with tert-alkyl or cyclic N) is 2. The first-order chi connectivity index (χ1) is 5.52. The summed E-state index contributed by atoms with van der Waals surface area (Å²) >= 11 is 0. The summed E-state index contributed by atoms with van der Waals surface area (Å²) in [5.41, 5.74) is 5.35. The van der Waals surface area contributed by atoms with Gasteiger partial charge in [-0.3, -0.25) is 4.79 Å². The summed E-state index contributed by atoms with van der Waals surface area (Å²) < 4.78 is 0. The van der Waals surface area contributed by atoms with Crippen LogP contribution < -0.4 is 5.73 Å². The highest BCUT2D eigenvalue weighted by molar-refractivity contribution is 5.81. The van der Waals surface area contributed by atoms with E-state index in [1.165, 1.54) is 4.90 Å². The number of carbonyl (C=O) groups is 1. The molecule has 3 atom stereocenters. The Kier molecular flexibility index (Phi) is 2.66. The molecule has 0 aromatic heterocycles. The maximum Gasteiger partial charge on any atom is 0.239 e. The Bertz CT molecular complexity index is 173. The molecule has 4 N–H and O–H groups in total. The smallest absolute Gasteiger partial charge is 0.239 e. The maximum atomic E-state index is 11.2. The standard InChI is InChI=1S/C7H14N2O3/c1-4(8)7(12)9-2-5(10)6(11)3-9/h4-6,10-11H,2-3,8H2,1H3. The van der Waals surface area contributed by atoms with E-state index in [2.05, 4.69) is 0 Å². The molecule has 12 heavy (non-hydrogen) atoms. The second-order valence-corrected chi connectivity index (χ2v) is 3.17. The van der Waals surface area contributed by atoms with E-state index in [-0.39, 0.29) is 19.0 Å². The highest BCUT2D eigenvalue weighted by Gasteiger charge is 2.33. The number of aliphatic hydroxyl groups is 2. The van der Waals surface area contributed by atoms with Crippen LogP contribution in [0, 0.1) is 0 Å². The minimum Gasteiger partial charge on any atom is -0.388 e. The lowest BCUT2D eigenvalue weighted by atomic mass is 10.3. The van der Waals surface area contributed by atoms with Gasteiger partial charge >= 0.3 is 0 Å². The molecule has 5 nitrogen and oxygen atoms in total. The normalized spacial score (nSPS) is 32.2. The number of carbonyl (C=O) groups excluding carboxylic acids is 1. The average Bonchev–Trinajstić information content (AvgIpc) is 2.30. The van der Waals surface area contributed by atoms with E-state index >= 15 is 0 Å². The number of likely N-dealkylation sites (tertiary alicyclic amines) is 1. The third-order valence-electron chi connectivity index (χ3n) is 1.96. The molecule has 0 bridgehead atoms. The summed E-state index contributed by atoms with van der Waals surface area (Å²) in [7, 11) is 0. The van der Waals surface area contributed by atoms with E-state index in [1.54, 1.807) is 6.92 Å². The lowest BCUT2D eigenvalue weighted by molar-refractivity contribution is -0.131. The number of rotatable bonds is 1. The molecule has 1 heterocycles. The Labute approximate surface area is 70.8 Å². The topological polar surface area (TPSA) is 86.8 Å². The average molecular weight is 174 g/mol. The van der Waals surface area contributed by atoms with E-state index in [0.29, 0.717) is 0 Å². The first-order valence-corrected chi connectivity index (χ1v) is 3.93. The molecule has 5 heteroatoms. The summed E-state index contributed by atoms with van der Waals surface area (Å²) in [6.45, 7) is 1.95. The zero-order valence-electron chi connectivity index (χ0n) is 6.97. The molecule has 1 amide bonds. The number of nitrogens with zero attached hydrogens (tertiary/aromatic N) is 1. The largest absolute Gasteiger partial charge is 0.388 e. The van der Waals surface area contributed by atoms with Crippen molar-refractivity contribution in [2.45, 2.75) is 25.2 Å². The fourth-order valence-electron chi connectivity index (χ4n) is 1.24. The van der Waals surface area contributed by atoms with Crippen LogP contribution >= 0.6 is 0 Å². The fourth-order valence-corrected chi connectivity index (χ4v) is 1.24. The molecular formula is C7H14N2O3. The number of nitrogens with two attached hydrogens (primary N) is 1. The highest BCUT2D eigenvalue weighted by Crippen LogP contribution is 2.10. The van der Waals surface area contributed by atoms with E-state index < -0.39 is 18.2 Å². The SMILES string of the molecule is CC(N)C(=O)N1CC(O)C(O)C1. The van der Waals surface area contributed by atoms with Crippen LogP contribution in [0.1, 0.15) is 6.92 Å². The zero-order valence-corrected chi connectivity index (χ0v) is 6.97. The van der Waals surface area contributed by atoms with Crippen molar-refractivity contribution in [3.05, 3.63) is 0 Å². The molecule has 0 spiro atoms. The molecular weight excluding hydrogens is 160 g/mol. The number of hydrogen-bond donors (Lipinski definition) is 3. The second-order valence-electron chi connectivity index (χ2n) is 3.17. The number of aliphatic hydroxyl groups excluding tert-OH is 2. The van der Waals surface area contributed by atoms with Crippen LogP contribution in [0.2, 0.25) is 0 Å². The number of hydrogen-bond acceptors (Lipinski definition) is 4. The van der Waals surface area contributed by atoms with E-state index in [4.69, 9.17) is 15.9 Å². The van der Waals surface area contributed by atoms with Gasteiger partial charge < -0.3 is 20.8 Å². The Morgan fingerprint density at radius 3 is 2.25 bits per heavy atom. The third kappa shape index (κ3) is 1.74. The molecule has 0 aromatic carbocycles. The summed E-state index contributed by atoms with van der Waals surface area (Å²) in [4.78, 5) is 12.6. The van der Waals surface area contributed by atoms with Gasteiger partial charge in [-0.1, -0.05) is 0 Å². The van der Waals surface area contributed by atoms with Gasteiger partial charge in [0.2, 0.25) is 5.91 Å². The van der Waals surface area contributed by atoms with Crippen LogP contribution in [0.25, 0.3) is 0 Å². The third-order valence-corrected chi connectivity index (χ3v) is 1.96. The second kappa shape index (κ2) is 3.38. The summed E-state index contributed by atoms with van der Waals surface area (Å²) in [5, 5.41) is 18.2. The minimum absolute atomic E-state index is 0.182. The van der Waals surface area contributed by atoms with Crippen molar-refractivity contribution in [1.82, 2.24) is 4.90 Å². The van der Waals surface area contributed by atoms with Crippen molar-refractivity contribution in [2.24, 2.45) is 5.73 Å². The highest BCUT2D eigenvalue weighted by atomic mass is 16.3. The van der Waals surface area contributed by atoms with Crippen molar-refractivity contribution in [1.29, 1.82) is 0 Å². The summed E-state index contributed by atoms with van der Waals surface area (Å²) in [6.07, 6.45) is -1.65. The van der Waals surface area contributed by atoms with Crippen LogP contribution in [0.15, 0.2) is 0 Å². The fraction of sp³-hybridized carbons (Fsp3) is 0.857. The zero-order chi connectivity index (χ0) is 9.30. The molecule has 1 rings (SSSR count). The van der Waals surface area contributed by atoms with Crippen LogP contribution in [0.3, 0.4) is 0 Å². The predicted octanol–water partition coefficient (Wildman–Crippen LogP) is -2.10. The lowest BCUT2D eigenvalue weighted by Gasteiger charge is -2.17. The van der Waals surface area contributed by atoms with E-state index in [9.17, 15) is 4.79 Å². The van der Waals surface area contributed by atoms with E-state index in [0.717, 1.165) is 0 Å². The molecule has 70 valence electrons. The first kappa shape index (κ1) is 9.44. The maximum absolute atomic E-state index is 11.2. The number of amides is 1. The van der Waals surface area contributed by atoms with Gasteiger partial charge in [0.05, 0.1) is 18.2 Å². The van der Waals surface area contributed by atoms with Crippen LogP contribution in [-0.2, 0) is 4.79 Å². The van der Waals surface area contributed by atoms with Crippen molar-refractivity contribution in [3.63, 3.8) is 0 Å². The molecule has 0 radical (unpaired) electrons. The van der Waals surface area contributed by atoms with Crippen molar-refractivity contribution in [2.75, 3.05) is 13.1 Å². The van der Waals surface area contributed by atoms with Gasteiger partial charge in [0.1, 0.15) is 0 Å². The van der Waals surface area contributed by atoms with E-state index in [1.807, 2.05) is 0 Å². The van der Waals surface area contributed by atoms with Crippen LogP contribution in [0.4, 0.5) is 0 Å². The summed E-state index contributed by atoms with van der Waals surface area (Å²) in [5.74, 6) is -0.231. The Balaban J connectivity index is 2.52. The van der Waals surface area contributed by atoms with Gasteiger partial charge in [-0.2, -0.15) is 0 Å². The van der Waals surface area contributed by atoms with Crippen molar-refractivity contribution < 1.29 is 15.0 Å². The Hall–Kier alpha value is -0.650. The van der Waals surface area contributed by atoms with Crippen molar-refractivity contribution in [3.8, 4) is 0 Å². The van der Waals surface area contributed by atoms with Gasteiger partial charge in [-0.05, 0) is 6.92 Å². The monoisotopic (exact) mass is 174 g/mol. The molecule has 0 aliphatic carbocycles. The molecule has 0 aromatic rings. The van der Waals surface area contributed by atoms with Crippen LogP contribution in [-0.4, -0.2) is 52.4 Å². The van der Waals surface area contributed by atoms with Gasteiger partial charge in [0.15, 0.2) is 0 Å². The molecule has 3 unspecified atom stereocenters. The molecule has 1 saturated heterocycles. The van der Waals surface area contributed by atoms with Crippen LogP contribution in [0.5, 0.6) is 0 Å². The summed E-state index contributed by atoms with van der Waals surface area (Å²) in [6, 6.07) is -0.567. The van der Waals surface area contributed by atoms with Gasteiger partial charge in [-0.15, -0.1) is 0 Å². The molecule has 1 aliphatic rings. The minimum atomic E-state index is -0.826. The van der Waals surface area contributed by atoms with Gasteiger partial charge in [-0.25, -0.2) is 0 Å².